The fourth-order valence-corrected chi connectivity index (χ4v) is 3.56. The number of thiazole rings is 1. The van der Waals surface area contributed by atoms with Gasteiger partial charge in [-0.15, -0.1) is 11.3 Å². The second-order valence-corrected chi connectivity index (χ2v) is 6.36. The van der Waals surface area contributed by atoms with Crippen molar-refractivity contribution in [3.05, 3.63) is 44.8 Å². The summed E-state index contributed by atoms with van der Waals surface area (Å²) in [6, 6.07) is 3.00. The highest BCUT2D eigenvalue weighted by Gasteiger charge is 2.31. The zero-order chi connectivity index (χ0) is 15.7. The quantitative estimate of drug-likeness (QED) is 0.925. The standard InChI is InChI=1S/C15H18N4O2S/c1-10-9-22-14(16-10)12-4-3-6-19(12)15(21)17-11-5-7-18(2)13(20)8-11/h5,7-9,12H,3-4,6H2,1-2H3,(H,17,21)/t12-/m0/s1. The number of likely N-dealkylation sites (tertiary alicyclic amines) is 1. The summed E-state index contributed by atoms with van der Waals surface area (Å²) in [7, 11) is 1.68. The second-order valence-electron chi connectivity index (χ2n) is 5.47. The third-order valence-electron chi connectivity index (χ3n) is 3.79. The van der Waals surface area contributed by atoms with Gasteiger partial charge in [0.2, 0.25) is 0 Å². The number of hydrogen-bond acceptors (Lipinski definition) is 4. The Labute approximate surface area is 132 Å². The number of carbonyl (C=O) groups is 1. The Bertz CT molecular complexity index is 752. The van der Waals surface area contributed by atoms with Crippen LogP contribution in [0.3, 0.4) is 0 Å². The van der Waals surface area contributed by atoms with E-state index in [2.05, 4.69) is 10.3 Å². The van der Waals surface area contributed by atoms with Gasteiger partial charge in [0.05, 0.1) is 6.04 Å². The molecule has 0 bridgehead atoms. The van der Waals surface area contributed by atoms with Gasteiger partial charge in [-0.1, -0.05) is 0 Å². The van der Waals surface area contributed by atoms with E-state index in [0.717, 1.165) is 23.5 Å². The number of hydrogen-bond donors (Lipinski definition) is 1. The second kappa shape index (κ2) is 5.92. The first-order chi connectivity index (χ1) is 10.5. The predicted octanol–water partition coefficient (Wildman–Crippen LogP) is 2.52. The zero-order valence-electron chi connectivity index (χ0n) is 12.6. The van der Waals surface area contributed by atoms with E-state index in [-0.39, 0.29) is 17.6 Å². The van der Waals surface area contributed by atoms with Gasteiger partial charge >= 0.3 is 6.03 Å². The maximum Gasteiger partial charge on any atom is 0.322 e. The van der Waals surface area contributed by atoms with Crippen LogP contribution in [0.25, 0.3) is 0 Å². The Morgan fingerprint density at radius 2 is 2.32 bits per heavy atom. The molecule has 6 nitrogen and oxygen atoms in total. The summed E-state index contributed by atoms with van der Waals surface area (Å²) >= 11 is 1.59. The molecule has 3 heterocycles. The molecule has 1 aliphatic heterocycles. The molecule has 0 saturated carbocycles. The number of pyridine rings is 1. The maximum atomic E-state index is 12.5. The summed E-state index contributed by atoms with van der Waals surface area (Å²) < 4.78 is 1.46. The average Bonchev–Trinajstić information content (AvgIpc) is 3.11. The van der Waals surface area contributed by atoms with Crippen LogP contribution < -0.4 is 10.9 Å². The fraction of sp³-hybridized carbons (Fsp3) is 0.400. The Hall–Kier alpha value is -2.15. The normalized spacial score (nSPS) is 17.7. The Balaban J connectivity index is 1.76. The minimum Gasteiger partial charge on any atom is -0.318 e. The number of nitrogens with zero attached hydrogens (tertiary/aromatic N) is 3. The molecule has 7 heteroatoms. The number of amides is 2. The van der Waals surface area contributed by atoms with Gasteiger partial charge in [-0.3, -0.25) is 4.79 Å². The number of nitrogens with one attached hydrogen (secondary N) is 1. The third kappa shape index (κ3) is 2.89. The highest BCUT2D eigenvalue weighted by atomic mass is 32.1. The van der Waals surface area contributed by atoms with Crippen LogP contribution in [0.4, 0.5) is 10.5 Å². The van der Waals surface area contributed by atoms with Crippen LogP contribution in [0, 0.1) is 6.92 Å². The number of rotatable bonds is 2. The lowest BCUT2D eigenvalue weighted by Gasteiger charge is -2.23. The molecule has 0 spiro atoms. The largest absolute Gasteiger partial charge is 0.322 e. The topological polar surface area (TPSA) is 67.2 Å². The van der Waals surface area contributed by atoms with Crippen LogP contribution in [0.1, 0.15) is 29.6 Å². The summed E-state index contributed by atoms with van der Waals surface area (Å²) in [6.07, 6.45) is 3.54. The fourth-order valence-electron chi connectivity index (χ4n) is 2.61. The van der Waals surface area contributed by atoms with Crippen LogP contribution in [-0.2, 0) is 7.05 Å². The number of aromatic nitrogens is 2. The molecule has 1 saturated heterocycles. The van der Waals surface area contributed by atoms with E-state index < -0.39 is 0 Å². The van der Waals surface area contributed by atoms with E-state index in [9.17, 15) is 9.59 Å². The molecule has 0 aromatic carbocycles. The van der Waals surface area contributed by atoms with Crippen molar-refractivity contribution < 1.29 is 4.79 Å². The van der Waals surface area contributed by atoms with Crippen LogP contribution >= 0.6 is 11.3 Å². The molecule has 0 unspecified atom stereocenters. The van der Waals surface area contributed by atoms with Crippen molar-refractivity contribution in [3.63, 3.8) is 0 Å². The number of carbonyl (C=O) groups excluding carboxylic acids is 1. The van der Waals surface area contributed by atoms with E-state index in [1.165, 1.54) is 10.6 Å². The predicted molar refractivity (Wildman–Crippen MR) is 86.2 cm³/mol. The van der Waals surface area contributed by atoms with Crippen molar-refractivity contribution >= 4 is 23.1 Å². The van der Waals surface area contributed by atoms with Gasteiger partial charge in [0.25, 0.3) is 5.56 Å². The summed E-state index contributed by atoms with van der Waals surface area (Å²) in [5.41, 5.74) is 1.36. The summed E-state index contributed by atoms with van der Waals surface area (Å²) in [6.45, 7) is 2.67. The number of aryl methyl sites for hydroxylation is 2. The molecule has 116 valence electrons. The zero-order valence-corrected chi connectivity index (χ0v) is 13.4. The smallest absolute Gasteiger partial charge is 0.318 e. The molecule has 1 aliphatic rings. The first-order valence-corrected chi connectivity index (χ1v) is 8.09. The molecule has 1 atom stereocenters. The van der Waals surface area contributed by atoms with Gasteiger partial charge in [-0.05, 0) is 25.8 Å². The third-order valence-corrected chi connectivity index (χ3v) is 4.85. The van der Waals surface area contributed by atoms with Crippen molar-refractivity contribution in [2.24, 2.45) is 7.05 Å². The van der Waals surface area contributed by atoms with Crippen molar-refractivity contribution in [2.45, 2.75) is 25.8 Å². The lowest BCUT2D eigenvalue weighted by Crippen LogP contribution is -2.34. The lowest BCUT2D eigenvalue weighted by molar-refractivity contribution is 0.207. The van der Waals surface area contributed by atoms with Gasteiger partial charge in [0.1, 0.15) is 5.01 Å². The van der Waals surface area contributed by atoms with E-state index >= 15 is 0 Å². The Morgan fingerprint density at radius 3 is 3.00 bits per heavy atom. The molecule has 0 radical (unpaired) electrons. The van der Waals surface area contributed by atoms with Crippen LogP contribution in [0.15, 0.2) is 28.5 Å². The van der Waals surface area contributed by atoms with Gasteiger partial charge in [0, 0.05) is 42.6 Å². The molecule has 2 aromatic heterocycles. The van der Waals surface area contributed by atoms with Crippen molar-refractivity contribution in [1.29, 1.82) is 0 Å². The molecule has 0 aliphatic carbocycles. The molecule has 1 N–H and O–H groups in total. The molecular weight excluding hydrogens is 300 g/mol. The van der Waals surface area contributed by atoms with Gasteiger partial charge in [0.15, 0.2) is 0 Å². The van der Waals surface area contributed by atoms with Gasteiger partial charge < -0.3 is 14.8 Å². The summed E-state index contributed by atoms with van der Waals surface area (Å²) in [5, 5.41) is 5.79. The molecule has 22 heavy (non-hydrogen) atoms. The average molecular weight is 318 g/mol. The molecular formula is C15H18N4O2S. The van der Waals surface area contributed by atoms with Crippen LogP contribution in [0.5, 0.6) is 0 Å². The lowest BCUT2D eigenvalue weighted by atomic mass is 10.2. The number of anilines is 1. The first kappa shape index (κ1) is 14.8. The van der Waals surface area contributed by atoms with Crippen molar-refractivity contribution in [1.82, 2.24) is 14.5 Å². The van der Waals surface area contributed by atoms with E-state index in [0.29, 0.717) is 12.2 Å². The molecule has 1 fully saturated rings. The highest BCUT2D eigenvalue weighted by Crippen LogP contribution is 2.33. The Kier molecular flexibility index (Phi) is 3.98. The van der Waals surface area contributed by atoms with E-state index in [4.69, 9.17) is 0 Å². The van der Waals surface area contributed by atoms with Crippen LogP contribution in [-0.4, -0.2) is 27.0 Å². The molecule has 3 rings (SSSR count). The monoisotopic (exact) mass is 318 g/mol. The minimum atomic E-state index is -0.177. The van der Waals surface area contributed by atoms with Crippen LogP contribution in [0.2, 0.25) is 0 Å². The highest BCUT2D eigenvalue weighted by molar-refractivity contribution is 7.09. The molecule has 2 amide bonds. The minimum absolute atomic E-state index is 0.0326. The summed E-state index contributed by atoms with van der Waals surface area (Å²) in [5.74, 6) is 0. The maximum absolute atomic E-state index is 12.5. The molecule has 2 aromatic rings. The SMILES string of the molecule is Cc1csc([C@@H]2CCCN2C(=O)Nc2ccn(C)c(=O)c2)n1. The van der Waals surface area contributed by atoms with Crippen molar-refractivity contribution in [2.75, 3.05) is 11.9 Å². The first-order valence-electron chi connectivity index (χ1n) is 7.21. The Morgan fingerprint density at radius 1 is 1.50 bits per heavy atom. The van der Waals surface area contributed by atoms with Gasteiger partial charge in [-0.25, -0.2) is 9.78 Å². The number of urea groups is 1. The van der Waals surface area contributed by atoms with E-state index in [1.807, 2.05) is 12.3 Å². The van der Waals surface area contributed by atoms with Gasteiger partial charge in [-0.2, -0.15) is 0 Å². The van der Waals surface area contributed by atoms with Crippen molar-refractivity contribution in [3.8, 4) is 0 Å². The van der Waals surface area contributed by atoms with E-state index in [1.54, 1.807) is 35.5 Å². The summed E-state index contributed by atoms with van der Waals surface area (Å²) in [4.78, 5) is 30.4.